The summed E-state index contributed by atoms with van der Waals surface area (Å²) in [5.41, 5.74) is 3.73. The quantitative estimate of drug-likeness (QED) is 0.344. The van der Waals surface area contributed by atoms with E-state index in [9.17, 15) is 4.79 Å². The van der Waals surface area contributed by atoms with Crippen LogP contribution in [0.2, 0.25) is 0 Å². The Morgan fingerprint density at radius 2 is 1.76 bits per heavy atom. The van der Waals surface area contributed by atoms with Crippen LogP contribution in [0.15, 0.2) is 97.3 Å². The summed E-state index contributed by atoms with van der Waals surface area (Å²) in [6.07, 6.45) is 4.37. The molecule has 2 aromatic heterocycles. The number of carbonyl (C=O) groups is 1. The number of imidazole rings is 1. The number of ether oxygens (including phenoxy) is 1. The summed E-state index contributed by atoms with van der Waals surface area (Å²) in [5.74, 6) is 1.47. The molecule has 0 aliphatic rings. The van der Waals surface area contributed by atoms with E-state index in [4.69, 9.17) is 4.74 Å². The molecular weight excluding hydrogens is 424 g/mol. The largest absolute Gasteiger partial charge is 0.497 e. The number of H-pyrrole nitrogens is 1. The number of benzene rings is 3. The van der Waals surface area contributed by atoms with E-state index >= 15 is 0 Å². The SMILES string of the molecule is COc1ccc(Cn2ccnc2C(Cc2ccccc2)NC(=O)c2cc3ccccc3[nH]2)cc1. The number of carbonyl (C=O) groups excluding carboxylic acids is 1. The summed E-state index contributed by atoms with van der Waals surface area (Å²) in [6.45, 7) is 0.646. The zero-order chi connectivity index (χ0) is 23.3. The van der Waals surface area contributed by atoms with Gasteiger partial charge in [0, 0.05) is 29.8 Å². The molecule has 6 nitrogen and oxygen atoms in total. The topological polar surface area (TPSA) is 71.9 Å². The molecule has 0 saturated carbocycles. The molecular formula is C28H26N4O2. The number of aromatic amines is 1. The van der Waals surface area contributed by atoms with Gasteiger partial charge in [-0.05, 0) is 41.8 Å². The van der Waals surface area contributed by atoms with Gasteiger partial charge in [0.15, 0.2) is 0 Å². The van der Waals surface area contributed by atoms with Crippen LogP contribution in [0.5, 0.6) is 5.75 Å². The Labute approximate surface area is 198 Å². The van der Waals surface area contributed by atoms with Crippen LogP contribution in [0.3, 0.4) is 0 Å². The molecule has 1 atom stereocenters. The number of amides is 1. The first kappa shape index (κ1) is 21.5. The summed E-state index contributed by atoms with van der Waals surface area (Å²) < 4.78 is 7.35. The van der Waals surface area contributed by atoms with Crippen LogP contribution >= 0.6 is 0 Å². The highest BCUT2D eigenvalue weighted by molar-refractivity contribution is 5.98. The average molecular weight is 451 g/mol. The second-order valence-electron chi connectivity index (χ2n) is 8.25. The molecule has 0 aliphatic heterocycles. The van der Waals surface area contributed by atoms with E-state index in [-0.39, 0.29) is 11.9 Å². The van der Waals surface area contributed by atoms with Crippen molar-refractivity contribution in [2.45, 2.75) is 19.0 Å². The zero-order valence-electron chi connectivity index (χ0n) is 18.9. The van der Waals surface area contributed by atoms with Crippen molar-refractivity contribution in [3.63, 3.8) is 0 Å². The molecule has 5 aromatic rings. The molecule has 2 heterocycles. The minimum Gasteiger partial charge on any atom is -0.497 e. The predicted octanol–water partition coefficient (Wildman–Crippen LogP) is 5.14. The minimum absolute atomic E-state index is 0.156. The van der Waals surface area contributed by atoms with Crippen molar-refractivity contribution in [1.29, 1.82) is 0 Å². The fourth-order valence-electron chi connectivity index (χ4n) is 4.18. The molecule has 0 fully saturated rings. The predicted molar refractivity (Wildman–Crippen MR) is 133 cm³/mol. The summed E-state index contributed by atoms with van der Waals surface area (Å²) in [7, 11) is 1.66. The van der Waals surface area contributed by atoms with Gasteiger partial charge in [-0.15, -0.1) is 0 Å². The molecule has 6 heteroatoms. The molecule has 0 aliphatic carbocycles. The summed E-state index contributed by atoms with van der Waals surface area (Å²) in [5, 5.41) is 4.22. The fraction of sp³-hybridized carbons (Fsp3) is 0.143. The molecule has 34 heavy (non-hydrogen) atoms. The van der Waals surface area contributed by atoms with Crippen LogP contribution in [0.25, 0.3) is 10.9 Å². The molecule has 2 N–H and O–H groups in total. The molecule has 1 amide bonds. The molecule has 1 unspecified atom stereocenters. The number of nitrogens with zero attached hydrogens (tertiary/aromatic N) is 2. The minimum atomic E-state index is -0.297. The molecule has 0 bridgehead atoms. The maximum Gasteiger partial charge on any atom is 0.268 e. The maximum absolute atomic E-state index is 13.3. The van der Waals surface area contributed by atoms with Gasteiger partial charge in [-0.25, -0.2) is 4.98 Å². The van der Waals surface area contributed by atoms with Crippen LogP contribution in [-0.2, 0) is 13.0 Å². The van der Waals surface area contributed by atoms with Gasteiger partial charge in [-0.2, -0.15) is 0 Å². The summed E-state index contributed by atoms with van der Waals surface area (Å²) in [4.78, 5) is 21.1. The highest BCUT2D eigenvalue weighted by Gasteiger charge is 2.22. The zero-order valence-corrected chi connectivity index (χ0v) is 18.9. The lowest BCUT2D eigenvalue weighted by Crippen LogP contribution is -2.32. The molecule has 170 valence electrons. The van der Waals surface area contributed by atoms with Crippen molar-refractivity contribution in [3.05, 3.63) is 120 Å². The Hall–Kier alpha value is -4.32. The first-order valence-electron chi connectivity index (χ1n) is 11.3. The van der Waals surface area contributed by atoms with Crippen molar-refractivity contribution >= 4 is 16.8 Å². The molecule has 0 spiro atoms. The van der Waals surface area contributed by atoms with E-state index in [0.29, 0.717) is 18.7 Å². The van der Waals surface area contributed by atoms with Gasteiger partial charge >= 0.3 is 0 Å². The van der Waals surface area contributed by atoms with Gasteiger partial charge < -0.3 is 19.6 Å². The van der Waals surface area contributed by atoms with Crippen molar-refractivity contribution in [3.8, 4) is 5.75 Å². The lowest BCUT2D eigenvalue weighted by Gasteiger charge is -2.20. The number of nitrogens with one attached hydrogen (secondary N) is 2. The van der Waals surface area contributed by atoms with Crippen LogP contribution in [0.1, 0.15) is 33.5 Å². The van der Waals surface area contributed by atoms with Gasteiger partial charge in [0.05, 0.1) is 13.2 Å². The molecule has 0 radical (unpaired) electrons. The van der Waals surface area contributed by atoms with E-state index in [1.165, 1.54) is 0 Å². The third-order valence-corrected chi connectivity index (χ3v) is 5.93. The van der Waals surface area contributed by atoms with Gasteiger partial charge in [0.1, 0.15) is 17.3 Å². The number of hydrogen-bond acceptors (Lipinski definition) is 3. The van der Waals surface area contributed by atoms with Crippen molar-refractivity contribution < 1.29 is 9.53 Å². The van der Waals surface area contributed by atoms with E-state index in [2.05, 4.69) is 32.0 Å². The highest BCUT2D eigenvalue weighted by Crippen LogP contribution is 2.21. The van der Waals surface area contributed by atoms with Crippen LogP contribution < -0.4 is 10.1 Å². The Morgan fingerprint density at radius 1 is 1.00 bits per heavy atom. The van der Waals surface area contributed by atoms with Crippen molar-refractivity contribution in [1.82, 2.24) is 19.9 Å². The number of aromatic nitrogens is 3. The molecule has 3 aromatic carbocycles. The van der Waals surface area contributed by atoms with E-state index in [1.54, 1.807) is 13.3 Å². The van der Waals surface area contributed by atoms with Crippen molar-refractivity contribution in [2.24, 2.45) is 0 Å². The Morgan fingerprint density at radius 3 is 2.53 bits per heavy atom. The Kier molecular flexibility index (Phi) is 6.12. The van der Waals surface area contributed by atoms with E-state index < -0.39 is 0 Å². The third-order valence-electron chi connectivity index (χ3n) is 5.93. The fourth-order valence-corrected chi connectivity index (χ4v) is 4.18. The molecule has 0 saturated heterocycles. The lowest BCUT2D eigenvalue weighted by atomic mass is 10.0. The number of methoxy groups -OCH3 is 1. The first-order chi connectivity index (χ1) is 16.7. The van der Waals surface area contributed by atoms with E-state index in [1.807, 2.05) is 79.0 Å². The first-order valence-corrected chi connectivity index (χ1v) is 11.3. The van der Waals surface area contributed by atoms with Gasteiger partial charge in [-0.1, -0.05) is 60.7 Å². The van der Waals surface area contributed by atoms with Gasteiger partial charge in [0.2, 0.25) is 0 Å². The number of hydrogen-bond donors (Lipinski definition) is 2. The summed E-state index contributed by atoms with van der Waals surface area (Å²) >= 11 is 0. The Bertz CT molecular complexity index is 1350. The highest BCUT2D eigenvalue weighted by atomic mass is 16.5. The Balaban J connectivity index is 1.43. The number of rotatable bonds is 8. The maximum atomic E-state index is 13.3. The van der Waals surface area contributed by atoms with Crippen LogP contribution in [0.4, 0.5) is 0 Å². The van der Waals surface area contributed by atoms with E-state index in [0.717, 1.165) is 33.6 Å². The average Bonchev–Trinajstić information content (AvgIpc) is 3.52. The smallest absolute Gasteiger partial charge is 0.268 e. The third kappa shape index (κ3) is 4.71. The normalized spacial score (nSPS) is 11.9. The summed E-state index contributed by atoms with van der Waals surface area (Å²) in [6, 6.07) is 27.6. The monoisotopic (exact) mass is 450 g/mol. The lowest BCUT2D eigenvalue weighted by molar-refractivity contribution is 0.0930. The van der Waals surface area contributed by atoms with Gasteiger partial charge in [-0.3, -0.25) is 4.79 Å². The van der Waals surface area contributed by atoms with Crippen LogP contribution in [-0.4, -0.2) is 27.6 Å². The van der Waals surface area contributed by atoms with Crippen molar-refractivity contribution in [2.75, 3.05) is 7.11 Å². The number of fused-ring (bicyclic) bond motifs is 1. The second-order valence-corrected chi connectivity index (χ2v) is 8.25. The van der Waals surface area contributed by atoms with Crippen LogP contribution in [0, 0.1) is 0 Å². The molecule has 5 rings (SSSR count). The number of para-hydroxylation sites is 1. The second kappa shape index (κ2) is 9.67. The van der Waals surface area contributed by atoms with Gasteiger partial charge in [0.25, 0.3) is 5.91 Å². The standard InChI is InChI=1S/C28H26N4O2/c1-34-23-13-11-21(12-14-23)19-32-16-15-29-27(32)25(17-20-7-3-2-4-8-20)31-28(33)26-18-22-9-5-6-10-24(22)30-26/h2-16,18,25,30H,17,19H2,1H3,(H,31,33).